The first-order valence-electron chi connectivity index (χ1n) is 10.6. The van der Waals surface area contributed by atoms with Gasteiger partial charge in [0, 0.05) is 19.6 Å². The Balaban J connectivity index is 1.51. The molecule has 1 N–H and O–H groups in total. The van der Waals surface area contributed by atoms with E-state index in [1.54, 1.807) is 12.1 Å². The summed E-state index contributed by atoms with van der Waals surface area (Å²) in [7, 11) is 0. The van der Waals surface area contributed by atoms with Crippen molar-refractivity contribution in [3.8, 4) is 5.69 Å². The lowest BCUT2D eigenvalue weighted by Gasteiger charge is -2.28. The summed E-state index contributed by atoms with van der Waals surface area (Å²) < 4.78 is 20.6. The number of aromatic nitrogens is 3. The first-order chi connectivity index (χ1) is 15.5. The second kappa shape index (κ2) is 10.1. The van der Waals surface area contributed by atoms with Crippen LogP contribution in [0.3, 0.4) is 0 Å². The van der Waals surface area contributed by atoms with Crippen LogP contribution < -0.4 is 10.2 Å². The molecule has 32 heavy (non-hydrogen) atoms. The maximum absolute atomic E-state index is 13.1. The minimum Gasteiger partial charge on any atom is -0.378 e. The van der Waals surface area contributed by atoms with Crippen LogP contribution in [0.4, 0.5) is 10.3 Å². The van der Waals surface area contributed by atoms with E-state index >= 15 is 0 Å². The minimum absolute atomic E-state index is 0.120. The van der Waals surface area contributed by atoms with E-state index in [9.17, 15) is 9.18 Å². The SMILES string of the molecule is Cc1ccc(-n2c(SC(C)C(=O)NCc3ccc(F)cc3)nnc2N2CCOCC2)cc1. The zero-order valence-corrected chi connectivity index (χ0v) is 18.9. The molecule has 3 aromatic rings. The van der Waals surface area contributed by atoms with E-state index in [1.165, 1.54) is 23.9 Å². The third-order valence-corrected chi connectivity index (χ3v) is 6.28. The number of benzene rings is 2. The fourth-order valence-electron chi connectivity index (χ4n) is 3.37. The number of rotatable bonds is 7. The maximum Gasteiger partial charge on any atom is 0.233 e. The predicted molar refractivity (Wildman–Crippen MR) is 123 cm³/mol. The van der Waals surface area contributed by atoms with Gasteiger partial charge >= 0.3 is 0 Å². The van der Waals surface area contributed by atoms with E-state index in [0.717, 1.165) is 35.9 Å². The fourth-order valence-corrected chi connectivity index (χ4v) is 4.26. The zero-order chi connectivity index (χ0) is 22.5. The van der Waals surface area contributed by atoms with Gasteiger partial charge in [0.25, 0.3) is 0 Å². The summed E-state index contributed by atoms with van der Waals surface area (Å²) >= 11 is 1.36. The van der Waals surface area contributed by atoms with Gasteiger partial charge in [-0.2, -0.15) is 0 Å². The Kier molecular flexibility index (Phi) is 7.06. The number of nitrogens with zero attached hydrogens (tertiary/aromatic N) is 4. The van der Waals surface area contributed by atoms with Gasteiger partial charge in [0.05, 0.1) is 24.2 Å². The van der Waals surface area contributed by atoms with Crippen molar-refractivity contribution >= 4 is 23.6 Å². The van der Waals surface area contributed by atoms with E-state index in [4.69, 9.17) is 4.74 Å². The zero-order valence-electron chi connectivity index (χ0n) is 18.1. The van der Waals surface area contributed by atoms with Crippen LogP contribution in [0.1, 0.15) is 18.1 Å². The van der Waals surface area contributed by atoms with Crippen LogP contribution >= 0.6 is 11.8 Å². The molecule has 0 spiro atoms. The summed E-state index contributed by atoms with van der Waals surface area (Å²) in [6.45, 7) is 6.99. The van der Waals surface area contributed by atoms with Gasteiger partial charge in [-0.3, -0.25) is 9.36 Å². The molecule has 1 amide bonds. The highest BCUT2D eigenvalue weighted by molar-refractivity contribution is 8.00. The van der Waals surface area contributed by atoms with Crippen molar-refractivity contribution < 1.29 is 13.9 Å². The quantitative estimate of drug-likeness (QED) is 0.551. The van der Waals surface area contributed by atoms with Crippen molar-refractivity contribution in [2.45, 2.75) is 30.8 Å². The lowest BCUT2D eigenvalue weighted by atomic mass is 10.2. The molecule has 2 heterocycles. The third kappa shape index (κ3) is 5.28. The number of anilines is 1. The lowest BCUT2D eigenvalue weighted by Crippen LogP contribution is -2.38. The van der Waals surface area contributed by atoms with Gasteiger partial charge in [0.2, 0.25) is 11.9 Å². The first kappa shape index (κ1) is 22.3. The molecule has 1 saturated heterocycles. The number of hydrogen-bond donors (Lipinski definition) is 1. The van der Waals surface area contributed by atoms with Crippen LogP contribution in [0, 0.1) is 12.7 Å². The van der Waals surface area contributed by atoms with Crippen LogP contribution in [0.25, 0.3) is 5.69 Å². The van der Waals surface area contributed by atoms with Crippen molar-refractivity contribution in [1.82, 2.24) is 20.1 Å². The van der Waals surface area contributed by atoms with Crippen molar-refractivity contribution in [3.63, 3.8) is 0 Å². The summed E-state index contributed by atoms with van der Waals surface area (Å²) in [6.07, 6.45) is 0. The Morgan fingerprint density at radius 1 is 1.12 bits per heavy atom. The van der Waals surface area contributed by atoms with E-state index in [0.29, 0.717) is 24.9 Å². The Bertz CT molecular complexity index is 1050. The van der Waals surface area contributed by atoms with Gasteiger partial charge in [-0.1, -0.05) is 41.6 Å². The van der Waals surface area contributed by atoms with Crippen LogP contribution in [0.5, 0.6) is 0 Å². The third-order valence-electron chi connectivity index (χ3n) is 5.23. The van der Waals surface area contributed by atoms with E-state index < -0.39 is 0 Å². The van der Waals surface area contributed by atoms with Crippen molar-refractivity contribution in [2.75, 3.05) is 31.2 Å². The molecule has 4 rings (SSSR count). The molecular weight excluding hydrogens is 429 g/mol. The molecule has 7 nitrogen and oxygen atoms in total. The summed E-state index contributed by atoms with van der Waals surface area (Å²) in [4.78, 5) is 14.9. The molecule has 168 valence electrons. The molecule has 1 fully saturated rings. The van der Waals surface area contributed by atoms with Gasteiger partial charge < -0.3 is 15.0 Å². The summed E-state index contributed by atoms with van der Waals surface area (Å²) in [6, 6.07) is 14.3. The molecule has 0 radical (unpaired) electrons. The topological polar surface area (TPSA) is 72.3 Å². The average Bonchev–Trinajstić information content (AvgIpc) is 3.23. The van der Waals surface area contributed by atoms with Gasteiger partial charge in [-0.25, -0.2) is 4.39 Å². The van der Waals surface area contributed by atoms with Crippen molar-refractivity contribution in [3.05, 3.63) is 65.5 Å². The largest absolute Gasteiger partial charge is 0.378 e. The second-order valence-corrected chi connectivity index (χ2v) is 8.97. The Morgan fingerprint density at radius 3 is 2.50 bits per heavy atom. The fraction of sp³-hybridized carbons (Fsp3) is 0.348. The molecule has 0 aliphatic carbocycles. The molecule has 9 heteroatoms. The van der Waals surface area contributed by atoms with E-state index in [1.807, 2.05) is 42.7 Å². The van der Waals surface area contributed by atoms with Crippen molar-refractivity contribution in [1.29, 1.82) is 0 Å². The van der Waals surface area contributed by atoms with E-state index in [-0.39, 0.29) is 17.0 Å². The average molecular weight is 456 g/mol. The summed E-state index contributed by atoms with van der Waals surface area (Å²) in [5.74, 6) is 0.333. The number of hydrogen-bond acceptors (Lipinski definition) is 6. The second-order valence-electron chi connectivity index (χ2n) is 7.66. The number of nitrogens with one attached hydrogen (secondary N) is 1. The van der Waals surface area contributed by atoms with Crippen molar-refractivity contribution in [2.24, 2.45) is 0 Å². The molecule has 1 aliphatic rings. The highest BCUT2D eigenvalue weighted by atomic mass is 32.2. The molecule has 1 aromatic heterocycles. The Hall–Kier alpha value is -2.91. The number of halogens is 1. The standard InChI is InChI=1S/C23H26FN5O2S/c1-16-3-9-20(10-4-16)29-22(28-11-13-31-14-12-28)26-27-23(29)32-17(2)21(30)25-15-18-5-7-19(24)8-6-18/h3-10,17H,11-15H2,1-2H3,(H,25,30). The summed E-state index contributed by atoms with van der Waals surface area (Å²) in [5, 5.41) is 12.0. The lowest BCUT2D eigenvalue weighted by molar-refractivity contribution is -0.120. The van der Waals surface area contributed by atoms with Gasteiger partial charge in [0.1, 0.15) is 5.82 Å². The van der Waals surface area contributed by atoms with Gasteiger partial charge in [-0.05, 0) is 43.7 Å². The van der Waals surface area contributed by atoms with Crippen LogP contribution in [-0.4, -0.2) is 52.2 Å². The van der Waals surface area contributed by atoms with Crippen LogP contribution in [0.15, 0.2) is 53.7 Å². The molecule has 1 atom stereocenters. The summed E-state index contributed by atoms with van der Waals surface area (Å²) in [5.41, 5.74) is 2.95. The molecule has 2 aromatic carbocycles. The molecular formula is C23H26FN5O2S. The molecule has 1 aliphatic heterocycles. The number of amides is 1. The number of carbonyl (C=O) groups is 1. The molecule has 0 bridgehead atoms. The minimum atomic E-state index is -0.388. The van der Waals surface area contributed by atoms with E-state index in [2.05, 4.69) is 20.4 Å². The Morgan fingerprint density at radius 2 is 1.81 bits per heavy atom. The highest BCUT2D eigenvalue weighted by Crippen LogP contribution is 2.30. The van der Waals surface area contributed by atoms with Crippen LogP contribution in [0.2, 0.25) is 0 Å². The molecule has 1 unspecified atom stereocenters. The maximum atomic E-state index is 13.1. The number of aryl methyl sites for hydroxylation is 1. The Labute approximate surface area is 191 Å². The normalized spacial score (nSPS) is 14.9. The van der Waals surface area contributed by atoms with Crippen LogP contribution in [-0.2, 0) is 16.1 Å². The first-order valence-corrected chi connectivity index (χ1v) is 11.4. The monoisotopic (exact) mass is 455 g/mol. The van der Waals surface area contributed by atoms with Gasteiger partial charge in [0.15, 0.2) is 5.16 Å². The smallest absolute Gasteiger partial charge is 0.233 e. The molecule has 0 saturated carbocycles. The highest BCUT2D eigenvalue weighted by Gasteiger charge is 2.24. The van der Waals surface area contributed by atoms with Gasteiger partial charge in [-0.15, -0.1) is 10.2 Å². The number of morpholine rings is 1. The predicted octanol–water partition coefficient (Wildman–Crippen LogP) is 3.35. The number of thioether (sulfide) groups is 1. The number of ether oxygens (including phenoxy) is 1. The number of carbonyl (C=O) groups excluding carboxylic acids is 1.